The molecule has 0 aromatic heterocycles. The molecule has 0 bridgehead atoms. The van der Waals surface area contributed by atoms with Crippen LogP contribution in [-0.2, 0) is 4.74 Å². The molecule has 2 fully saturated rings. The van der Waals surface area contributed by atoms with E-state index < -0.39 is 0 Å². The van der Waals surface area contributed by atoms with Crippen LogP contribution in [0.25, 0.3) is 0 Å². The van der Waals surface area contributed by atoms with Crippen LogP contribution in [0.15, 0.2) is 5.16 Å². The summed E-state index contributed by atoms with van der Waals surface area (Å²) in [6.07, 6.45) is 2.26. The Balaban J connectivity index is 1.83. The third-order valence-corrected chi connectivity index (χ3v) is 4.06. The molecule has 2 unspecified atom stereocenters. The van der Waals surface area contributed by atoms with Crippen molar-refractivity contribution in [2.24, 2.45) is 11.1 Å². The first kappa shape index (κ1) is 13.8. The summed E-state index contributed by atoms with van der Waals surface area (Å²) in [5.74, 6) is 0.407. The number of likely N-dealkylation sites (tertiary alicyclic amines) is 1. The molecule has 0 radical (unpaired) electrons. The minimum Gasteiger partial charge on any atom is -0.411 e. The third-order valence-electron chi connectivity index (χ3n) is 4.06. The summed E-state index contributed by atoms with van der Waals surface area (Å²) in [6, 6.07) is 0. The summed E-state index contributed by atoms with van der Waals surface area (Å²) in [5.41, 5.74) is 0.968. The monoisotopic (exact) mass is 255 g/mol. The summed E-state index contributed by atoms with van der Waals surface area (Å²) in [5, 5.41) is 12.4. The van der Waals surface area contributed by atoms with Crippen LogP contribution in [0.4, 0.5) is 0 Å². The van der Waals surface area contributed by atoms with Crippen LogP contribution < -0.4 is 0 Å². The standard InChI is InChI=1S/C13H25N3O2/c1-3-11-8-16(5-4-13(11)14-17)10-12-9-15(2)6-7-18-12/h11-12,17H,3-10H2,1-2H3. The number of rotatable bonds is 3. The second-order valence-corrected chi connectivity index (χ2v) is 5.46. The fourth-order valence-electron chi connectivity index (χ4n) is 2.91. The smallest absolute Gasteiger partial charge is 0.0829 e. The van der Waals surface area contributed by atoms with Crippen molar-refractivity contribution in [1.29, 1.82) is 0 Å². The van der Waals surface area contributed by atoms with Gasteiger partial charge in [0.05, 0.1) is 18.4 Å². The van der Waals surface area contributed by atoms with E-state index in [-0.39, 0.29) is 0 Å². The number of hydrogen-bond acceptors (Lipinski definition) is 5. The predicted molar refractivity (Wildman–Crippen MR) is 71.3 cm³/mol. The zero-order valence-corrected chi connectivity index (χ0v) is 11.5. The predicted octanol–water partition coefficient (Wildman–Crippen LogP) is 0.879. The van der Waals surface area contributed by atoms with Gasteiger partial charge in [-0.15, -0.1) is 0 Å². The van der Waals surface area contributed by atoms with Crippen molar-refractivity contribution < 1.29 is 9.94 Å². The van der Waals surface area contributed by atoms with E-state index in [2.05, 4.69) is 28.9 Å². The minimum atomic E-state index is 0.328. The molecule has 2 saturated heterocycles. The van der Waals surface area contributed by atoms with Crippen LogP contribution in [-0.4, -0.2) is 73.2 Å². The highest BCUT2D eigenvalue weighted by Gasteiger charge is 2.27. The quantitative estimate of drug-likeness (QED) is 0.601. The van der Waals surface area contributed by atoms with Gasteiger partial charge in [-0.1, -0.05) is 12.1 Å². The molecule has 0 saturated carbocycles. The molecule has 2 aliphatic rings. The van der Waals surface area contributed by atoms with E-state index in [0.717, 1.165) is 57.9 Å². The number of morpholine rings is 1. The highest BCUT2D eigenvalue weighted by molar-refractivity contribution is 5.87. The number of hydrogen-bond donors (Lipinski definition) is 1. The molecule has 0 aromatic carbocycles. The topological polar surface area (TPSA) is 48.3 Å². The SMILES string of the molecule is CCC1CN(CC2CN(C)CCO2)CCC1=NO. The Hall–Kier alpha value is -0.650. The highest BCUT2D eigenvalue weighted by Crippen LogP contribution is 2.18. The molecular formula is C13H25N3O2. The molecule has 2 heterocycles. The maximum atomic E-state index is 8.97. The van der Waals surface area contributed by atoms with Crippen molar-refractivity contribution in [3.05, 3.63) is 0 Å². The van der Waals surface area contributed by atoms with Gasteiger partial charge in [0, 0.05) is 45.1 Å². The highest BCUT2D eigenvalue weighted by atomic mass is 16.5. The maximum absolute atomic E-state index is 8.97. The van der Waals surface area contributed by atoms with E-state index in [1.807, 2.05) is 0 Å². The average molecular weight is 255 g/mol. The van der Waals surface area contributed by atoms with E-state index in [9.17, 15) is 0 Å². The molecule has 5 heteroatoms. The molecule has 0 spiro atoms. The van der Waals surface area contributed by atoms with Crippen LogP contribution in [0, 0.1) is 5.92 Å². The van der Waals surface area contributed by atoms with Gasteiger partial charge in [0.2, 0.25) is 0 Å². The fraction of sp³-hybridized carbons (Fsp3) is 0.923. The van der Waals surface area contributed by atoms with Gasteiger partial charge in [-0.3, -0.25) is 4.90 Å². The van der Waals surface area contributed by atoms with Crippen molar-refractivity contribution >= 4 is 5.71 Å². The third kappa shape index (κ3) is 3.43. The second-order valence-electron chi connectivity index (χ2n) is 5.46. The van der Waals surface area contributed by atoms with Crippen molar-refractivity contribution in [3.63, 3.8) is 0 Å². The lowest BCUT2D eigenvalue weighted by molar-refractivity contribution is -0.0372. The summed E-state index contributed by atoms with van der Waals surface area (Å²) in [4.78, 5) is 4.78. The summed E-state index contributed by atoms with van der Waals surface area (Å²) in [6.45, 7) is 8.04. The number of oxime groups is 1. The Morgan fingerprint density at radius 2 is 2.22 bits per heavy atom. The van der Waals surface area contributed by atoms with Gasteiger partial charge >= 0.3 is 0 Å². The lowest BCUT2D eigenvalue weighted by Crippen LogP contribution is -2.49. The molecule has 2 atom stereocenters. The van der Waals surface area contributed by atoms with E-state index in [1.165, 1.54) is 0 Å². The van der Waals surface area contributed by atoms with Crippen LogP contribution >= 0.6 is 0 Å². The Kier molecular flexibility index (Phi) is 4.97. The summed E-state index contributed by atoms with van der Waals surface area (Å²) >= 11 is 0. The normalized spacial score (nSPS) is 34.0. The van der Waals surface area contributed by atoms with E-state index in [1.54, 1.807) is 0 Å². The first-order valence-corrected chi connectivity index (χ1v) is 6.96. The van der Waals surface area contributed by atoms with Gasteiger partial charge in [0.1, 0.15) is 0 Å². The van der Waals surface area contributed by atoms with E-state index in [4.69, 9.17) is 9.94 Å². The molecule has 2 rings (SSSR count). The first-order valence-electron chi connectivity index (χ1n) is 6.96. The van der Waals surface area contributed by atoms with Crippen LogP contribution in [0.5, 0.6) is 0 Å². The summed E-state index contributed by atoms with van der Waals surface area (Å²) in [7, 11) is 2.15. The van der Waals surface area contributed by atoms with E-state index in [0.29, 0.717) is 12.0 Å². The first-order chi connectivity index (χ1) is 8.72. The molecule has 104 valence electrons. The zero-order chi connectivity index (χ0) is 13.0. The average Bonchev–Trinajstić information content (AvgIpc) is 2.38. The Morgan fingerprint density at radius 1 is 1.39 bits per heavy atom. The summed E-state index contributed by atoms with van der Waals surface area (Å²) < 4.78 is 5.81. The molecule has 18 heavy (non-hydrogen) atoms. The zero-order valence-electron chi connectivity index (χ0n) is 11.5. The van der Waals surface area contributed by atoms with Gasteiger partial charge < -0.3 is 14.8 Å². The van der Waals surface area contributed by atoms with Crippen molar-refractivity contribution in [3.8, 4) is 0 Å². The van der Waals surface area contributed by atoms with Crippen LogP contribution in [0.3, 0.4) is 0 Å². The number of likely N-dealkylation sites (N-methyl/N-ethyl adjacent to an activating group) is 1. The molecule has 0 aromatic rings. The van der Waals surface area contributed by atoms with Gasteiger partial charge in [-0.25, -0.2) is 0 Å². The molecule has 1 N–H and O–H groups in total. The van der Waals surface area contributed by atoms with E-state index >= 15 is 0 Å². The lowest BCUT2D eigenvalue weighted by Gasteiger charge is -2.37. The minimum absolute atomic E-state index is 0.328. The number of ether oxygens (including phenoxy) is 1. The largest absolute Gasteiger partial charge is 0.411 e. The van der Waals surface area contributed by atoms with Crippen LogP contribution in [0.2, 0.25) is 0 Å². The molecular weight excluding hydrogens is 230 g/mol. The van der Waals surface area contributed by atoms with Crippen molar-refractivity contribution in [2.45, 2.75) is 25.9 Å². The van der Waals surface area contributed by atoms with Crippen molar-refractivity contribution in [1.82, 2.24) is 9.80 Å². The van der Waals surface area contributed by atoms with Gasteiger partial charge in [0.25, 0.3) is 0 Å². The Bertz CT molecular complexity index is 296. The number of nitrogens with zero attached hydrogens (tertiary/aromatic N) is 3. The lowest BCUT2D eigenvalue weighted by atomic mass is 9.93. The molecule has 2 aliphatic heterocycles. The number of piperidine rings is 1. The molecule has 0 amide bonds. The van der Waals surface area contributed by atoms with Gasteiger partial charge in [0.15, 0.2) is 0 Å². The van der Waals surface area contributed by atoms with Crippen molar-refractivity contribution in [2.75, 3.05) is 46.4 Å². The molecule has 5 nitrogen and oxygen atoms in total. The maximum Gasteiger partial charge on any atom is 0.0829 e. The van der Waals surface area contributed by atoms with Gasteiger partial charge in [-0.2, -0.15) is 0 Å². The fourth-order valence-corrected chi connectivity index (χ4v) is 2.91. The van der Waals surface area contributed by atoms with Gasteiger partial charge in [-0.05, 0) is 13.5 Å². The Labute approximate surface area is 109 Å². The van der Waals surface area contributed by atoms with Crippen LogP contribution in [0.1, 0.15) is 19.8 Å². The molecule has 0 aliphatic carbocycles. The Morgan fingerprint density at radius 3 is 2.89 bits per heavy atom. The second kappa shape index (κ2) is 6.50.